The van der Waals surface area contributed by atoms with Crippen LogP contribution in [0.2, 0.25) is 0 Å². The Kier molecular flexibility index (Phi) is 6.15. The highest BCUT2D eigenvalue weighted by Crippen LogP contribution is 2.41. The van der Waals surface area contributed by atoms with E-state index in [4.69, 9.17) is 4.74 Å². The van der Waals surface area contributed by atoms with Crippen molar-refractivity contribution < 1.29 is 17.9 Å². The Balaban J connectivity index is 1.59. The fraction of sp³-hybridized carbons (Fsp3) is 0.364. The Morgan fingerprint density at radius 1 is 1.10 bits per heavy atom. The van der Waals surface area contributed by atoms with E-state index in [1.54, 1.807) is 0 Å². The summed E-state index contributed by atoms with van der Waals surface area (Å²) in [5.74, 6) is 1.47. The molecular formula is C22H24N2O4S2. The number of sulfone groups is 1. The molecule has 4 rings (SSSR count). The van der Waals surface area contributed by atoms with Crippen LogP contribution in [-0.2, 0) is 14.6 Å². The van der Waals surface area contributed by atoms with Crippen LogP contribution in [0, 0.1) is 0 Å². The number of carbonyl (C=O) groups excluding carboxylic acids is 1. The minimum Gasteiger partial charge on any atom is -0.457 e. The van der Waals surface area contributed by atoms with Gasteiger partial charge in [-0.3, -0.25) is 4.79 Å². The number of unbranched alkanes of at least 4 members (excludes halogenated alkanes) is 1. The van der Waals surface area contributed by atoms with E-state index in [-0.39, 0.29) is 28.7 Å². The number of amides is 1. The van der Waals surface area contributed by atoms with Crippen LogP contribution in [0.15, 0.2) is 59.6 Å². The lowest BCUT2D eigenvalue weighted by Gasteiger charge is -2.24. The molecule has 2 aromatic carbocycles. The molecule has 158 valence electrons. The zero-order valence-electron chi connectivity index (χ0n) is 16.7. The number of nitrogens with zero attached hydrogens (tertiary/aromatic N) is 2. The van der Waals surface area contributed by atoms with E-state index in [0.717, 1.165) is 24.3 Å². The van der Waals surface area contributed by atoms with Crippen LogP contribution < -0.4 is 9.64 Å². The molecule has 6 nitrogen and oxygen atoms in total. The zero-order chi connectivity index (χ0) is 21.1. The largest absolute Gasteiger partial charge is 0.457 e. The maximum absolute atomic E-state index is 12.3. The minimum absolute atomic E-state index is 0.0785. The van der Waals surface area contributed by atoms with E-state index in [1.165, 1.54) is 11.8 Å². The smallest absolute Gasteiger partial charge is 0.248 e. The van der Waals surface area contributed by atoms with Crippen LogP contribution in [-0.4, -0.2) is 42.3 Å². The van der Waals surface area contributed by atoms with Crippen molar-refractivity contribution in [1.29, 1.82) is 0 Å². The summed E-state index contributed by atoms with van der Waals surface area (Å²) in [6.07, 6.45) is 2.14. The predicted octanol–water partition coefficient (Wildman–Crippen LogP) is 4.27. The van der Waals surface area contributed by atoms with Crippen LogP contribution in [0.1, 0.15) is 26.2 Å². The highest BCUT2D eigenvalue weighted by molar-refractivity contribution is 8.16. The normalized spacial score (nSPS) is 23.5. The van der Waals surface area contributed by atoms with Gasteiger partial charge in [-0.2, -0.15) is 4.99 Å². The highest BCUT2D eigenvalue weighted by Gasteiger charge is 2.49. The first-order chi connectivity index (χ1) is 14.4. The monoisotopic (exact) mass is 444 g/mol. The van der Waals surface area contributed by atoms with Gasteiger partial charge in [0.15, 0.2) is 15.0 Å². The first-order valence-corrected chi connectivity index (χ1v) is 12.8. The Morgan fingerprint density at radius 2 is 1.80 bits per heavy atom. The van der Waals surface area contributed by atoms with E-state index in [1.807, 2.05) is 66.4 Å². The summed E-state index contributed by atoms with van der Waals surface area (Å²) in [4.78, 5) is 18.5. The molecule has 0 aliphatic carbocycles. The molecule has 0 radical (unpaired) electrons. The third-order valence-corrected chi connectivity index (χ3v) is 8.33. The summed E-state index contributed by atoms with van der Waals surface area (Å²) in [5, 5.41) is 0.491. The lowest BCUT2D eigenvalue weighted by molar-refractivity contribution is -0.117. The van der Waals surface area contributed by atoms with Gasteiger partial charge in [-0.25, -0.2) is 8.42 Å². The quantitative estimate of drug-likeness (QED) is 0.662. The molecule has 30 heavy (non-hydrogen) atoms. The molecule has 8 heteroatoms. The summed E-state index contributed by atoms with van der Waals surface area (Å²) < 4.78 is 30.2. The van der Waals surface area contributed by atoms with Crippen molar-refractivity contribution in [1.82, 2.24) is 0 Å². The van der Waals surface area contributed by atoms with Gasteiger partial charge in [0, 0.05) is 17.4 Å². The Morgan fingerprint density at radius 3 is 2.50 bits per heavy atom. The predicted molar refractivity (Wildman–Crippen MR) is 121 cm³/mol. The van der Waals surface area contributed by atoms with Gasteiger partial charge in [0.25, 0.3) is 0 Å². The number of hydrogen-bond donors (Lipinski definition) is 0. The molecule has 2 atom stereocenters. The van der Waals surface area contributed by atoms with Crippen LogP contribution in [0.4, 0.5) is 5.69 Å². The molecule has 0 unspecified atom stereocenters. The molecule has 2 aromatic rings. The number of hydrogen-bond acceptors (Lipinski definition) is 5. The molecule has 0 bridgehead atoms. The summed E-state index contributed by atoms with van der Waals surface area (Å²) >= 11 is 1.40. The standard InChI is InChI=1S/C22H24N2O4S2/c1-2-3-9-21(25)23-22-24(19-14-30(26,27)15-20(19)29-22)16-10-12-18(13-11-16)28-17-7-5-4-6-8-17/h4-8,10-13,19-20H,2-3,9,14-15H2,1H3/t19-,20-/m1/s1. The Hall–Kier alpha value is -2.32. The summed E-state index contributed by atoms with van der Waals surface area (Å²) in [6, 6.07) is 16.8. The zero-order valence-corrected chi connectivity index (χ0v) is 18.4. The second-order valence-electron chi connectivity index (χ2n) is 7.47. The molecule has 2 aliphatic rings. The fourth-order valence-corrected chi connectivity index (χ4v) is 7.59. The second kappa shape index (κ2) is 8.81. The molecule has 1 amide bonds. The van der Waals surface area contributed by atoms with Crippen molar-refractivity contribution >= 4 is 38.4 Å². The molecular weight excluding hydrogens is 420 g/mol. The lowest BCUT2D eigenvalue weighted by Crippen LogP contribution is -2.37. The summed E-state index contributed by atoms with van der Waals surface area (Å²) in [7, 11) is -3.09. The van der Waals surface area contributed by atoms with Crippen LogP contribution in [0.3, 0.4) is 0 Å². The van der Waals surface area contributed by atoms with E-state index < -0.39 is 9.84 Å². The number of thioether (sulfide) groups is 1. The maximum atomic E-state index is 12.3. The number of amidine groups is 1. The fourth-order valence-electron chi connectivity index (χ4n) is 3.66. The number of benzene rings is 2. The third kappa shape index (κ3) is 4.70. The van der Waals surface area contributed by atoms with Crippen molar-refractivity contribution in [3.8, 4) is 11.5 Å². The number of aliphatic imine (C=N–C) groups is 1. The number of rotatable bonds is 6. The van der Waals surface area contributed by atoms with Crippen LogP contribution in [0.5, 0.6) is 11.5 Å². The summed E-state index contributed by atoms with van der Waals surface area (Å²) in [6.45, 7) is 2.03. The molecule has 2 heterocycles. The molecule has 2 fully saturated rings. The van der Waals surface area contributed by atoms with Crippen molar-refractivity contribution in [2.24, 2.45) is 4.99 Å². The molecule has 0 saturated carbocycles. The topological polar surface area (TPSA) is 76.0 Å². The van der Waals surface area contributed by atoms with E-state index in [9.17, 15) is 13.2 Å². The van der Waals surface area contributed by atoms with Crippen LogP contribution >= 0.6 is 11.8 Å². The lowest BCUT2D eigenvalue weighted by atomic mass is 10.2. The Labute approximate surface area is 181 Å². The number of para-hydroxylation sites is 1. The number of anilines is 1. The average molecular weight is 445 g/mol. The molecule has 0 aromatic heterocycles. The van der Waals surface area contributed by atoms with Crippen molar-refractivity contribution in [2.75, 3.05) is 16.4 Å². The van der Waals surface area contributed by atoms with Gasteiger partial charge < -0.3 is 9.64 Å². The third-order valence-electron chi connectivity index (χ3n) is 5.12. The van der Waals surface area contributed by atoms with Gasteiger partial charge in [-0.1, -0.05) is 43.3 Å². The van der Waals surface area contributed by atoms with Gasteiger partial charge in [0.05, 0.1) is 17.5 Å². The molecule has 2 saturated heterocycles. The van der Waals surface area contributed by atoms with E-state index >= 15 is 0 Å². The van der Waals surface area contributed by atoms with Gasteiger partial charge in [0.2, 0.25) is 5.91 Å². The van der Waals surface area contributed by atoms with Gasteiger partial charge >= 0.3 is 0 Å². The molecule has 0 spiro atoms. The first-order valence-electron chi connectivity index (χ1n) is 10.1. The average Bonchev–Trinajstić information content (AvgIpc) is 3.18. The number of carbonyl (C=O) groups is 1. The highest BCUT2D eigenvalue weighted by atomic mass is 32.2. The molecule has 2 aliphatic heterocycles. The van der Waals surface area contributed by atoms with E-state index in [2.05, 4.69) is 4.99 Å². The molecule has 0 N–H and O–H groups in total. The van der Waals surface area contributed by atoms with E-state index in [0.29, 0.717) is 17.3 Å². The SMILES string of the molecule is CCCCC(=O)N=C1S[C@@H]2CS(=O)(=O)C[C@H]2N1c1ccc(Oc2ccccc2)cc1. The van der Waals surface area contributed by atoms with Gasteiger partial charge in [0.1, 0.15) is 11.5 Å². The second-order valence-corrected chi connectivity index (χ2v) is 10.8. The number of fused-ring (bicyclic) bond motifs is 1. The van der Waals surface area contributed by atoms with Crippen molar-refractivity contribution in [3.05, 3.63) is 54.6 Å². The van der Waals surface area contributed by atoms with Gasteiger partial charge in [-0.15, -0.1) is 0 Å². The van der Waals surface area contributed by atoms with Crippen molar-refractivity contribution in [3.63, 3.8) is 0 Å². The first kappa shape index (κ1) is 20.9. The minimum atomic E-state index is -3.09. The Bertz CT molecular complexity index is 1040. The summed E-state index contributed by atoms with van der Waals surface area (Å²) in [5.41, 5.74) is 0.814. The van der Waals surface area contributed by atoms with Crippen molar-refractivity contribution in [2.45, 2.75) is 37.5 Å². The van der Waals surface area contributed by atoms with Crippen LogP contribution in [0.25, 0.3) is 0 Å². The maximum Gasteiger partial charge on any atom is 0.248 e. The van der Waals surface area contributed by atoms with Gasteiger partial charge in [-0.05, 0) is 42.8 Å². The number of ether oxygens (including phenoxy) is 1.